The summed E-state index contributed by atoms with van der Waals surface area (Å²) in [5.74, 6) is 5.77. The predicted octanol–water partition coefficient (Wildman–Crippen LogP) is 2.15. The Kier molecular flexibility index (Phi) is 4.10. The Morgan fingerprint density at radius 3 is 2.76 bits per heavy atom. The molecule has 3 atom stereocenters. The Morgan fingerprint density at radius 2 is 2.18 bits per heavy atom. The Morgan fingerprint density at radius 1 is 1.47 bits per heavy atom. The lowest BCUT2D eigenvalue weighted by Gasteiger charge is -2.26. The minimum absolute atomic E-state index is 0.0306. The van der Waals surface area contributed by atoms with E-state index >= 15 is 0 Å². The molecule has 3 nitrogen and oxygen atoms in total. The van der Waals surface area contributed by atoms with E-state index in [0.717, 1.165) is 25.0 Å². The number of hydrogen-bond donors (Lipinski definition) is 2. The van der Waals surface area contributed by atoms with E-state index in [1.54, 1.807) is 12.1 Å². The van der Waals surface area contributed by atoms with Gasteiger partial charge in [-0.15, -0.1) is 0 Å². The van der Waals surface area contributed by atoms with Crippen molar-refractivity contribution in [3.8, 4) is 0 Å². The average molecular weight is 238 g/mol. The van der Waals surface area contributed by atoms with Gasteiger partial charge in [-0.1, -0.05) is 19.1 Å². The van der Waals surface area contributed by atoms with Gasteiger partial charge in [-0.25, -0.2) is 4.39 Å². The summed E-state index contributed by atoms with van der Waals surface area (Å²) in [7, 11) is 0. The number of ether oxygens (including phenoxy) is 1. The topological polar surface area (TPSA) is 47.3 Å². The second-order valence-corrected chi connectivity index (χ2v) is 4.47. The summed E-state index contributed by atoms with van der Waals surface area (Å²) in [4.78, 5) is 0. The molecule has 0 saturated carbocycles. The van der Waals surface area contributed by atoms with Gasteiger partial charge >= 0.3 is 0 Å². The lowest BCUT2D eigenvalue weighted by atomic mass is 9.87. The van der Waals surface area contributed by atoms with Crippen molar-refractivity contribution in [3.05, 3.63) is 35.6 Å². The lowest BCUT2D eigenvalue weighted by Crippen LogP contribution is -2.36. The smallest absolute Gasteiger partial charge is 0.123 e. The quantitative estimate of drug-likeness (QED) is 0.624. The Bertz CT molecular complexity index is 355. The van der Waals surface area contributed by atoms with Crippen LogP contribution in [0.3, 0.4) is 0 Å². The summed E-state index contributed by atoms with van der Waals surface area (Å²) in [6.45, 7) is 2.89. The molecule has 1 saturated heterocycles. The molecule has 0 aliphatic carbocycles. The molecule has 1 aromatic carbocycles. The molecule has 3 unspecified atom stereocenters. The maximum absolute atomic E-state index is 12.9. The van der Waals surface area contributed by atoms with Crippen molar-refractivity contribution >= 4 is 0 Å². The number of benzene rings is 1. The molecule has 1 aliphatic rings. The Balaban J connectivity index is 2.18. The molecule has 0 amide bonds. The molecular formula is C13H19FN2O. The summed E-state index contributed by atoms with van der Waals surface area (Å²) in [5, 5.41) is 0. The van der Waals surface area contributed by atoms with E-state index in [2.05, 4.69) is 12.3 Å². The normalized spacial score (nSPS) is 26.1. The average Bonchev–Trinajstić information content (AvgIpc) is 2.81. The monoisotopic (exact) mass is 238 g/mol. The van der Waals surface area contributed by atoms with Crippen molar-refractivity contribution < 1.29 is 9.13 Å². The summed E-state index contributed by atoms with van der Waals surface area (Å²) < 4.78 is 18.6. The van der Waals surface area contributed by atoms with Crippen molar-refractivity contribution in [2.75, 3.05) is 6.61 Å². The molecule has 4 heteroatoms. The zero-order chi connectivity index (χ0) is 12.3. The number of nitrogens with two attached hydrogens (primary N) is 1. The van der Waals surface area contributed by atoms with Crippen LogP contribution in [0, 0.1) is 11.7 Å². The third-order valence-corrected chi connectivity index (χ3v) is 3.50. The van der Waals surface area contributed by atoms with Crippen molar-refractivity contribution in [3.63, 3.8) is 0 Å². The standard InChI is InChI=1S/C13H19FN2O/c1-2-12-11(7-8-17-12)13(16-15)9-3-5-10(14)6-4-9/h3-6,11-13,16H,2,7-8,15H2,1H3. The largest absolute Gasteiger partial charge is 0.378 e. The van der Waals surface area contributed by atoms with Gasteiger partial charge in [0, 0.05) is 12.5 Å². The van der Waals surface area contributed by atoms with Gasteiger partial charge in [-0.05, 0) is 30.5 Å². The van der Waals surface area contributed by atoms with Crippen molar-refractivity contribution in [1.82, 2.24) is 5.43 Å². The number of halogens is 1. The van der Waals surface area contributed by atoms with Gasteiger partial charge in [0.1, 0.15) is 5.82 Å². The van der Waals surface area contributed by atoms with Crippen LogP contribution in [0.15, 0.2) is 24.3 Å². The third kappa shape index (κ3) is 2.65. The van der Waals surface area contributed by atoms with E-state index in [9.17, 15) is 4.39 Å². The molecule has 1 fully saturated rings. The van der Waals surface area contributed by atoms with Crippen molar-refractivity contribution in [2.45, 2.75) is 31.9 Å². The van der Waals surface area contributed by atoms with Crippen LogP contribution in [0.1, 0.15) is 31.4 Å². The molecule has 1 heterocycles. The Labute approximate surface area is 101 Å². The highest BCUT2D eigenvalue weighted by atomic mass is 19.1. The fourth-order valence-electron chi connectivity index (χ4n) is 2.60. The second-order valence-electron chi connectivity index (χ2n) is 4.47. The van der Waals surface area contributed by atoms with Gasteiger partial charge in [0.05, 0.1) is 12.1 Å². The molecule has 0 bridgehead atoms. The van der Waals surface area contributed by atoms with Crippen LogP contribution < -0.4 is 11.3 Å². The van der Waals surface area contributed by atoms with E-state index in [0.29, 0.717) is 5.92 Å². The van der Waals surface area contributed by atoms with Crippen molar-refractivity contribution in [1.29, 1.82) is 0 Å². The fourth-order valence-corrected chi connectivity index (χ4v) is 2.60. The van der Waals surface area contributed by atoms with Gasteiger partial charge in [-0.2, -0.15) is 0 Å². The minimum atomic E-state index is -0.223. The van der Waals surface area contributed by atoms with Crippen LogP contribution >= 0.6 is 0 Å². The molecule has 3 N–H and O–H groups in total. The van der Waals surface area contributed by atoms with Crippen LogP contribution in [0.25, 0.3) is 0 Å². The number of nitrogens with one attached hydrogen (secondary N) is 1. The van der Waals surface area contributed by atoms with Gasteiger partial charge < -0.3 is 4.74 Å². The van der Waals surface area contributed by atoms with Gasteiger partial charge in [0.15, 0.2) is 0 Å². The van der Waals surface area contributed by atoms with Gasteiger partial charge in [-0.3, -0.25) is 11.3 Å². The predicted molar refractivity (Wildman–Crippen MR) is 64.6 cm³/mol. The van der Waals surface area contributed by atoms with E-state index < -0.39 is 0 Å². The third-order valence-electron chi connectivity index (χ3n) is 3.50. The highest BCUT2D eigenvalue weighted by Gasteiger charge is 2.33. The summed E-state index contributed by atoms with van der Waals surface area (Å²) >= 11 is 0. The zero-order valence-electron chi connectivity index (χ0n) is 10.0. The molecular weight excluding hydrogens is 219 g/mol. The van der Waals surface area contributed by atoms with Crippen LogP contribution in [0.2, 0.25) is 0 Å². The molecule has 0 spiro atoms. The van der Waals surface area contributed by atoms with Crippen LogP contribution in [0.5, 0.6) is 0 Å². The first kappa shape index (κ1) is 12.5. The van der Waals surface area contributed by atoms with E-state index in [1.807, 2.05) is 0 Å². The van der Waals surface area contributed by atoms with E-state index in [-0.39, 0.29) is 18.0 Å². The van der Waals surface area contributed by atoms with Gasteiger partial charge in [0.25, 0.3) is 0 Å². The molecule has 0 radical (unpaired) electrons. The maximum atomic E-state index is 12.9. The molecule has 2 rings (SSSR count). The molecule has 1 aromatic rings. The summed E-state index contributed by atoms with van der Waals surface area (Å²) in [5.41, 5.74) is 3.86. The number of hydrogen-bond acceptors (Lipinski definition) is 3. The zero-order valence-corrected chi connectivity index (χ0v) is 10.0. The first-order valence-electron chi connectivity index (χ1n) is 6.09. The lowest BCUT2D eigenvalue weighted by molar-refractivity contribution is 0.0774. The van der Waals surface area contributed by atoms with E-state index in [1.165, 1.54) is 12.1 Å². The summed E-state index contributed by atoms with van der Waals surface area (Å²) in [6.07, 6.45) is 2.20. The highest BCUT2D eigenvalue weighted by molar-refractivity contribution is 5.21. The number of hydrazine groups is 1. The minimum Gasteiger partial charge on any atom is -0.378 e. The van der Waals surface area contributed by atoms with E-state index in [4.69, 9.17) is 10.6 Å². The first-order chi connectivity index (χ1) is 8.26. The highest BCUT2D eigenvalue weighted by Crippen LogP contribution is 2.34. The Hall–Kier alpha value is -0.970. The van der Waals surface area contributed by atoms with Crippen LogP contribution in [-0.4, -0.2) is 12.7 Å². The molecule has 1 aliphatic heterocycles. The number of rotatable bonds is 4. The fraction of sp³-hybridized carbons (Fsp3) is 0.538. The first-order valence-corrected chi connectivity index (χ1v) is 6.09. The van der Waals surface area contributed by atoms with Crippen molar-refractivity contribution in [2.24, 2.45) is 11.8 Å². The molecule has 94 valence electrons. The molecule has 17 heavy (non-hydrogen) atoms. The van der Waals surface area contributed by atoms with Gasteiger partial charge in [0.2, 0.25) is 0 Å². The van der Waals surface area contributed by atoms with Crippen LogP contribution in [-0.2, 0) is 4.74 Å². The second kappa shape index (κ2) is 5.58. The SMILES string of the molecule is CCC1OCCC1C(NN)c1ccc(F)cc1. The van der Waals surface area contributed by atoms with Crippen LogP contribution in [0.4, 0.5) is 4.39 Å². The molecule has 0 aromatic heterocycles. The maximum Gasteiger partial charge on any atom is 0.123 e. The summed E-state index contributed by atoms with van der Waals surface area (Å²) in [6, 6.07) is 6.53.